The van der Waals surface area contributed by atoms with Crippen molar-refractivity contribution in [3.63, 3.8) is 0 Å². The number of hydrogen-bond acceptors (Lipinski definition) is 5. The molecule has 1 heterocycles. The number of rotatable bonds is 3. The third-order valence-electron chi connectivity index (χ3n) is 4.18. The Morgan fingerprint density at radius 2 is 1.96 bits per heavy atom. The van der Waals surface area contributed by atoms with Crippen LogP contribution in [0.5, 0.6) is 0 Å². The van der Waals surface area contributed by atoms with Crippen molar-refractivity contribution < 1.29 is 18.8 Å². The average molecular weight is 353 g/mol. The molecule has 0 atom stereocenters. The Bertz CT molecular complexity index is 652. The lowest BCUT2D eigenvalue weighted by atomic mass is 10.0. The topological polar surface area (TPSA) is 75.9 Å². The molecule has 1 aliphatic heterocycles. The van der Waals surface area contributed by atoms with Gasteiger partial charge in [-0.05, 0) is 39.7 Å². The Balaban J connectivity index is 1.97. The van der Waals surface area contributed by atoms with Crippen LogP contribution in [0, 0.1) is 15.9 Å². The Labute approximate surface area is 146 Å². The lowest BCUT2D eigenvalue weighted by molar-refractivity contribution is -0.385. The zero-order valence-corrected chi connectivity index (χ0v) is 15.0. The Morgan fingerprint density at radius 3 is 2.44 bits per heavy atom. The number of benzene rings is 1. The number of amides is 1. The minimum absolute atomic E-state index is 0.0206. The molecule has 0 saturated carbocycles. The molecular formula is C17H24FN3O4. The van der Waals surface area contributed by atoms with Gasteiger partial charge in [-0.2, -0.15) is 0 Å². The molecule has 1 amide bonds. The van der Waals surface area contributed by atoms with Gasteiger partial charge in [0, 0.05) is 32.2 Å². The molecule has 2 rings (SSSR count). The number of ether oxygens (including phenoxy) is 1. The zero-order valence-electron chi connectivity index (χ0n) is 15.0. The van der Waals surface area contributed by atoms with E-state index in [1.807, 2.05) is 25.7 Å². The van der Waals surface area contributed by atoms with Gasteiger partial charge in [0.1, 0.15) is 5.60 Å². The van der Waals surface area contributed by atoms with Crippen LogP contribution in [0.3, 0.4) is 0 Å². The highest BCUT2D eigenvalue weighted by Gasteiger charge is 2.29. The number of nitro groups is 1. The second-order valence-corrected chi connectivity index (χ2v) is 7.20. The summed E-state index contributed by atoms with van der Waals surface area (Å²) in [6.07, 6.45) is 0.977. The number of carbonyl (C=O) groups is 1. The number of non-ortho nitro benzene ring substituents is 1. The third-order valence-corrected chi connectivity index (χ3v) is 4.18. The molecule has 0 radical (unpaired) electrons. The van der Waals surface area contributed by atoms with Crippen molar-refractivity contribution in [1.29, 1.82) is 0 Å². The molecule has 7 nitrogen and oxygen atoms in total. The minimum Gasteiger partial charge on any atom is -0.444 e. The number of nitro benzene ring substituents is 1. The van der Waals surface area contributed by atoms with Crippen LogP contribution in [0.2, 0.25) is 0 Å². The molecule has 0 bridgehead atoms. The molecule has 25 heavy (non-hydrogen) atoms. The molecule has 1 saturated heterocycles. The van der Waals surface area contributed by atoms with E-state index < -0.39 is 16.3 Å². The van der Waals surface area contributed by atoms with Crippen molar-refractivity contribution in [3.8, 4) is 0 Å². The molecule has 1 fully saturated rings. The maximum Gasteiger partial charge on any atom is 0.410 e. The summed E-state index contributed by atoms with van der Waals surface area (Å²) >= 11 is 0. The zero-order chi connectivity index (χ0) is 18.8. The summed E-state index contributed by atoms with van der Waals surface area (Å²) < 4.78 is 19.5. The van der Waals surface area contributed by atoms with Crippen LogP contribution in [0.15, 0.2) is 18.2 Å². The van der Waals surface area contributed by atoms with Crippen molar-refractivity contribution in [2.45, 2.75) is 45.3 Å². The fraction of sp³-hybridized carbons (Fsp3) is 0.588. The van der Waals surface area contributed by atoms with Crippen LogP contribution in [0.1, 0.15) is 33.6 Å². The van der Waals surface area contributed by atoms with Crippen LogP contribution in [-0.2, 0) is 4.74 Å². The highest BCUT2D eigenvalue weighted by molar-refractivity contribution is 5.68. The molecule has 8 heteroatoms. The first-order valence-electron chi connectivity index (χ1n) is 8.23. The summed E-state index contributed by atoms with van der Waals surface area (Å²) in [6.45, 7) is 6.58. The van der Waals surface area contributed by atoms with Crippen LogP contribution in [0.25, 0.3) is 0 Å². The van der Waals surface area contributed by atoms with E-state index >= 15 is 0 Å². The molecule has 0 unspecified atom stereocenters. The fourth-order valence-corrected chi connectivity index (χ4v) is 2.84. The van der Waals surface area contributed by atoms with Crippen molar-refractivity contribution in [3.05, 3.63) is 34.1 Å². The Hall–Kier alpha value is -2.38. The summed E-state index contributed by atoms with van der Waals surface area (Å²) in [5, 5.41) is 10.7. The van der Waals surface area contributed by atoms with Gasteiger partial charge in [-0.15, -0.1) is 0 Å². The monoisotopic (exact) mass is 353 g/mol. The summed E-state index contributed by atoms with van der Waals surface area (Å²) in [4.78, 5) is 25.7. The first-order chi connectivity index (χ1) is 11.6. The van der Waals surface area contributed by atoms with Crippen LogP contribution < -0.4 is 4.90 Å². The predicted molar refractivity (Wildman–Crippen MR) is 92.3 cm³/mol. The smallest absolute Gasteiger partial charge is 0.410 e. The minimum atomic E-state index is -0.616. The number of hydrogen-bond donors (Lipinski definition) is 0. The van der Waals surface area contributed by atoms with Crippen LogP contribution in [-0.4, -0.2) is 47.7 Å². The largest absolute Gasteiger partial charge is 0.444 e. The lowest BCUT2D eigenvalue weighted by Gasteiger charge is -2.38. The van der Waals surface area contributed by atoms with Crippen molar-refractivity contribution in [2.75, 3.05) is 25.0 Å². The number of carbonyl (C=O) groups excluding carboxylic acids is 1. The van der Waals surface area contributed by atoms with Gasteiger partial charge in [0.05, 0.1) is 16.7 Å². The van der Waals surface area contributed by atoms with Gasteiger partial charge in [0.25, 0.3) is 5.69 Å². The molecule has 1 aliphatic rings. The first kappa shape index (κ1) is 19.0. The first-order valence-corrected chi connectivity index (χ1v) is 8.23. The van der Waals surface area contributed by atoms with Crippen LogP contribution >= 0.6 is 0 Å². The summed E-state index contributed by atoms with van der Waals surface area (Å²) in [5.74, 6) is -0.604. The molecule has 0 N–H and O–H groups in total. The van der Waals surface area contributed by atoms with Gasteiger partial charge in [0.15, 0.2) is 5.82 Å². The Morgan fingerprint density at radius 1 is 1.36 bits per heavy atom. The number of halogens is 1. The highest BCUT2D eigenvalue weighted by Crippen LogP contribution is 2.28. The normalized spacial score (nSPS) is 15.8. The number of nitrogens with zero attached hydrogens (tertiary/aromatic N) is 3. The summed E-state index contributed by atoms with van der Waals surface area (Å²) in [7, 11) is 1.71. The lowest BCUT2D eigenvalue weighted by Crippen LogP contribution is -2.47. The quantitative estimate of drug-likeness (QED) is 0.613. The number of anilines is 1. The molecule has 0 spiro atoms. The molecular weight excluding hydrogens is 329 g/mol. The maximum absolute atomic E-state index is 14.1. The van der Waals surface area contributed by atoms with Gasteiger partial charge < -0.3 is 14.5 Å². The van der Waals surface area contributed by atoms with E-state index in [0.717, 1.165) is 6.07 Å². The molecule has 0 aromatic heterocycles. The highest BCUT2D eigenvalue weighted by atomic mass is 19.1. The van der Waals surface area contributed by atoms with Gasteiger partial charge >= 0.3 is 6.09 Å². The van der Waals surface area contributed by atoms with E-state index in [0.29, 0.717) is 31.6 Å². The van der Waals surface area contributed by atoms with Crippen LogP contribution in [0.4, 0.5) is 20.6 Å². The number of piperidine rings is 1. The van der Waals surface area contributed by atoms with Crippen molar-refractivity contribution in [1.82, 2.24) is 4.90 Å². The fourth-order valence-electron chi connectivity index (χ4n) is 2.84. The van der Waals surface area contributed by atoms with E-state index in [1.54, 1.807) is 11.9 Å². The van der Waals surface area contributed by atoms with Gasteiger partial charge in [0.2, 0.25) is 0 Å². The van der Waals surface area contributed by atoms with E-state index in [2.05, 4.69) is 0 Å². The van der Waals surface area contributed by atoms with Crippen molar-refractivity contribution >= 4 is 17.5 Å². The SMILES string of the molecule is CN(C(=O)OC(C)(C)C)C1CCN(c2ccc([N+](=O)[O-])cc2F)CC1. The van der Waals surface area contributed by atoms with Gasteiger partial charge in [-0.1, -0.05) is 0 Å². The average Bonchev–Trinajstić information content (AvgIpc) is 2.52. The molecule has 0 aliphatic carbocycles. The van der Waals surface area contributed by atoms with Gasteiger partial charge in [-0.25, -0.2) is 9.18 Å². The van der Waals surface area contributed by atoms with E-state index in [4.69, 9.17) is 4.74 Å². The molecule has 1 aromatic rings. The summed E-state index contributed by atoms with van der Waals surface area (Å²) in [5.41, 5.74) is -0.460. The van der Waals surface area contributed by atoms with E-state index in [1.165, 1.54) is 12.1 Å². The second kappa shape index (κ2) is 7.25. The molecule has 1 aromatic carbocycles. The van der Waals surface area contributed by atoms with E-state index in [-0.39, 0.29) is 17.8 Å². The van der Waals surface area contributed by atoms with Crippen molar-refractivity contribution in [2.24, 2.45) is 0 Å². The standard InChI is InChI=1S/C17H24FN3O4/c1-17(2,3)25-16(22)19(4)12-7-9-20(10-8-12)15-6-5-13(21(23)24)11-14(15)18/h5-6,11-12H,7-10H2,1-4H3. The third kappa shape index (κ3) is 4.80. The second-order valence-electron chi connectivity index (χ2n) is 7.20. The van der Waals surface area contributed by atoms with Gasteiger partial charge in [-0.3, -0.25) is 10.1 Å². The van der Waals surface area contributed by atoms with E-state index in [9.17, 15) is 19.3 Å². The molecule has 138 valence electrons. The Kier molecular flexibility index (Phi) is 5.49. The maximum atomic E-state index is 14.1. The summed E-state index contributed by atoms with van der Waals surface area (Å²) in [6, 6.07) is 3.70. The predicted octanol–water partition coefficient (Wildman–Crippen LogP) is 3.57.